The number of nitrogens with one attached hydrogen (secondary N) is 1. The van der Waals surface area contributed by atoms with Crippen molar-refractivity contribution in [3.05, 3.63) is 58.1 Å². The lowest BCUT2D eigenvalue weighted by Gasteiger charge is -2.12. The van der Waals surface area contributed by atoms with Gasteiger partial charge in [0.25, 0.3) is 0 Å². The fraction of sp³-hybridized carbons (Fsp3) is 0.143. The Morgan fingerprint density at radius 1 is 1.21 bits per heavy atom. The first kappa shape index (κ1) is 14.0. The Balaban J connectivity index is 2.36. The molecule has 0 bridgehead atoms. The minimum Gasteiger partial charge on any atom is -0.454 e. The van der Waals surface area contributed by atoms with Gasteiger partial charge in [-0.3, -0.25) is 0 Å². The van der Waals surface area contributed by atoms with Gasteiger partial charge in [0.05, 0.1) is 0 Å². The predicted molar refractivity (Wildman–Crippen MR) is 73.3 cm³/mol. The fourth-order valence-corrected chi connectivity index (χ4v) is 2.15. The zero-order chi connectivity index (χ0) is 13.8. The van der Waals surface area contributed by atoms with Gasteiger partial charge in [-0.15, -0.1) is 0 Å². The van der Waals surface area contributed by atoms with E-state index in [2.05, 4.69) is 21.2 Å². The number of hydrogen-bond acceptors (Lipinski definition) is 2. The second-order valence-electron chi connectivity index (χ2n) is 3.97. The summed E-state index contributed by atoms with van der Waals surface area (Å²) < 4.78 is 33.1. The lowest BCUT2D eigenvalue weighted by atomic mass is 10.2. The first-order valence-corrected chi connectivity index (χ1v) is 6.45. The van der Waals surface area contributed by atoms with Crippen molar-refractivity contribution in [3.8, 4) is 11.5 Å². The van der Waals surface area contributed by atoms with E-state index < -0.39 is 11.6 Å². The Morgan fingerprint density at radius 2 is 2.00 bits per heavy atom. The van der Waals surface area contributed by atoms with Crippen molar-refractivity contribution in [2.45, 2.75) is 6.54 Å². The molecule has 0 unspecified atom stereocenters. The van der Waals surface area contributed by atoms with Crippen LogP contribution in [0.15, 0.2) is 40.9 Å². The molecule has 0 spiro atoms. The van der Waals surface area contributed by atoms with Gasteiger partial charge in [-0.2, -0.15) is 0 Å². The molecule has 5 heteroatoms. The van der Waals surface area contributed by atoms with E-state index in [9.17, 15) is 8.78 Å². The first-order valence-electron chi connectivity index (χ1n) is 5.66. The van der Waals surface area contributed by atoms with E-state index in [1.54, 1.807) is 25.2 Å². The summed E-state index contributed by atoms with van der Waals surface area (Å²) in [5, 5.41) is 2.93. The standard InChI is InChI=1S/C14H12BrF2NO/c1-18-8-9-3-2-4-13(17)14(9)19-12-6-10(15)5-11(16)7-12/h2-7,18H,8H2,1H3. The normalized spacial score (nSPS) is 10.5. The molecule has 0 fully saturated rings. The van der Waals surface area contributed by atoms with Gasteiger partial charge in [-0.05, 0) is 25.2 Å². The highest BCUT2D eigenvalue weighted by molar-refractivity contribution is 9.10. The summed E-state index contributed by atoms with van der Waals surface area (Å²) in [6.45, 7) is 0.462. The number of para-hydroxylation sites is 1. The highest BCUT2D eigenvalue weighted by Crippen LogP contribution is 2.30. The number of ether oxygens (including phenoxy) is 1. The maximum Gasteiger partial charge on any atom is 0.167 e. The Hall–Kier alpha value is -1.46. The third-order valence-corrected chi connectivity index (χ3v) is 2.93. The number of halogens is 3. The van der Waals surface area contributed by atoms with E-state index >= 15 is 0 Å². The van der Waals surface area contributed by atoms with Crippen LogP contribution in [0.4, 0.5) is 8.78 Å². The Labute approximate surface area is 118 Å². The van der Waals surface area contributed by atoms with Crippen molar-refractivity contribution in [3.63, 3.8) is 0 Å². The number of rotatable bonds is 4. The molecular formula is C14H12BrF2NO. The fourth-order valence-electron chi connectivity index (χ4n) is 1.70. The molecule has 0 radical (unpaired) electrons. The van der Waals surface area contributed by atoms with E-state index in [0.29, 0.717) is 16.6 Å². The maximum atomic E-state index is 13.8. The van der Waals surface area contributed by atoms with Crippen molar-refractivity contribution in [1.29, 1.82) is 0 Å². The lowest BCUT2D eigenvalue weighted by molar-refractivity contribution is 0.431. The van der Waals surface area contributed by atoms with E-state index in [0.717, 1.165) is 0 Å². The summed E-state index contributed by atoms with van der Waals surface area (Å²) >= 11 is 3.17. The van der Waals surface area contributed by atoms with Crippen LogP contribution in [-0.4, -0.2) is 7.05 Å². The zero-order valence-corrected chi connectivity index (χ0v) is 11.8. The SMILES string of the molecule is CNCc1cccc(F)c1Oc1cc(F)cc(Br)c1. The molecule has 2 rings (SSSR count). The van der Waals surface area contributed by atoms with Gasteiger partial charge in [-0.1, -0.05) is 28.1 Å². The second kappa shape index (κ2) is 6.12. The van der Waals surface area contributed by atoms with Gasteiger partial charge >= 0.3 is 0 Å². The molecule has 0 saturated carbocycles. The quantitative estimate of drug-likeness (QED) is 0.906. The third-order valence-electron chi connectivity index (χ3n) is 2.47. The van der Waals surface area contributed by atoms with Gasteiger partial charge in [0, 0.05) is 22.6 Å². The average Bonchev–Trinajstić information content (AvgIpc) is 2.32. The minimum absolute atomic E-state index is 0.106. The van der Waals surface area contributed by atoms with Crippen LogP contribution < -0.4 is 10.1 Å². The van der Waals surface area contributed by atoms with Gasteiger partial charge in [0.15, 0.2) is 11.6 Å². The van der Waals surface area contributed by atoms with Crippen molar-refractivity contribution in [1.82, 2.24) is 5.32 Å². The van der Waals surface area contributed by atoms with E-state index in [1.165, 1.54) is 18.2 Å². The van der Waals surface area contributed by atoms with Crippen molar-refractivity contribution in [2.24, 2.45) is 0 Å². The molecule has 19 heavy (non-hydrogen) atoms. The highest BCUT2D eigenvalue weighted by atomic mass is 79.9. The van der Waals surface area contributed by atoms with Gasteiger partial charge < -0.3 is 10.1 Å². The summed E-state index contributed by atoms with van der Waals surface area (Å²) in [4.78, 5) is 0. The highest BCUT2D eigenvalue weighted by Gasteiger charge is 2.11. The van der Waals surface area contributed by atoms with Gasteiger partial charge in [0.1, 0.15) is 11.6 Å². The summed E-state index contributed by atoms with van der Waals surface area (Å²) in [5.41, 5.74) is 0.669. The van der Waals surface area contributed by atoms with E-state index in [-0.39, 0.29) is 11.5 Å². The molecule has 1 N–H and O–H groups in total. The van der Waals surface area contributed by atoms with Crippen molar-refractivity contribution >= 4 is 15.9 Å². The molecule has 0 saturated heterocycles. The van der Waals surface area contributed by atoms with Crippen LogP contribution in [-0.2, 0) is 6.54 Å². The largest absolute Gasteiger partial charge is 0.454 e. The molecule has 0 aliphatic heterocycles. The van der Waals surface area contributed by atoms with Crippen LogP contribution in [0.5, 0.6) is 11.5 Å². The molecule has 0 aliphatic rings. The second-order valence-corrected chi connectivity index (χ2v) is 4.88. The van der Waals surface area contributed by atoms with Crippen molar-refractivity contribution < 1.29 is 13.5 Å². The molecule has 2 aromatic rings. The predicted octanol–water partition coefficient (Wildman–Crippen LogP) is 4.24. The molecule has 2 aromatic carbocycles. The molecule has 2 nitrogen and oxygen atoms in total. The topological polar surface area (TPSA) is 21.3 Å². The Morgan fingerprint density at radius 3 is 2.68 bits per heavy atom. The van der Waals surface area contributed by atoms with Crippen LogP contribution in [0.3, 0.4) is 0 Å². The molecular weight excluding hydrogens is 316 g/mol. The van der Waals surface area contributed by atoms with Crippen LogP contribution in [0.25, 0.3) is 0 Å². The van der Waals surface area contributed by atoms with Crippen LogP contribution in [0.2, 0.25) is 0 Å². The zero-order valence-electron chi connectivity index (χ0n) is 10.2. The first-order chi connectivity index (χ1) is 9.10. The average molecular weight is 328 g/mol. The molecule has 0 aliphatic carbocycles. The number of hydrogen-bond donors (Lipinski definition) is 1. The Bertz CT molecular complexity index is 569. The molecule has 0 heterocycles. The lowest BCUT2D eigenvalue weighted by Crippen LogP contribution is -2.07. The monoisotopic (exact) mass is 327 g/mol. The Kier molecular flexibility index (Phi) is 4.50. The van der Waals surface area contributed by atoms with Gasteiger partial charge in [-0.25, -0.2) is 8.78 Å². The van der Waals surface area contributed by atoms with Crippen LogP contribution in [0.1, 0.15) is 5.56 Å². The summed E-state index contributed by atoms with van der Waals surface area (Å²) in [6, 6.07) is 8.77. The van der Waals surface area contributed by atoms with E-state index in [4.69, 9.17) is 4.74 Å². The summed E-state index contributed by atoms with van der Waals surface area (Å²) in [5.74, 6) is -0.576. The smallest absolute Gasteiger partial charge is 0.167 e. The molecule has 0 atom stereocenters. The molecule has 100 valence electrons. The minimum atomic E-state index is -0.479. The van der Waals surface area contributed by atoms with Crippen molar-refractivity contribution in [2.75, 3.05) is 7.05 Å². The molecule has 0 amide bonds. The maximum absolute atomic E-state index is 13.8. The third kappa shape index (κ3) is 3.52. The number of benzene rings is 2. The van der Waals surface area contributed by atoms with Crippen LogP contribution >= 0.6 is 15.9 Å². The van der Waals surface area contributed by atoms with E-state index in [1.807, 2.05) is 0 Å². The van der Waals surface area contributed by atoms with Crippen LogP contribution in [0, 0.1) is 11.6 Å². The van der Waals surface area contributed by atoms with Gasteiger partial charge in [0.2, 0.25) is 0 Å². The molecule has 0 aromatic heterocycles. The summed E-state index contributed by atoms with van der Waals surface area (Å²) in [6.07, 6.45) is 0. The summed E-state index contributed by atoms with van der Waals surface area (Å²) in [7, 11) is 1.76.